The average molecular weight is 288 g/mol. The number of hydrogen-bond acceptors (Lipinski definition) is 3. The van der Waals surface area contributed by atoms with Gasteiger partial charge < -0.3 is 14.5 Å². The number of fused-ring (bicyclic) bond motifs is 1. The minimum atomic E-state index is 0.0226. The van der Waals surface area contributed by atoms with Crippen LogP contribution in [0.25, 0.3) is 11.0 Å². The lowest BCUT2D eigenvalue weighted by atomic mass is 10.2. The number of hydrogen-bond donors (Lipinski definition) is 1. The normalized spacial score (nSPS) is 10.4. The lowest BCUT2D eigenvalue weighted by Gasteiger charge is -2.18. The number of aromatic amines is 1. The van der Waals surface area contributed by atoms with Crippen LogP contribution in [0.15, 0.2) is 18.2 Å². The number of carbonyl (C=O) groups is 1. The Hall–Kier alpha value is -2.13. The van der Waals surface area contributed by atoms with Crippen LogP contribution in [-0.2, 0) is 11.3 Å². The minimum Gasteiger partial charge on any atom is -0.342 e. The van der Waals surface area contributed by atoms with Gasteiger partial charge in [-0.15, -0.1) is 0 Å². The van der Waals surface area contributed by atoms with Crippen molar-refractivity contribution in [3.8, 4) is 6.07 Å². The molecule has 2 rings (SSSR count). The summed E-state index contributed by atoms with van der Waals surface area (Å²) in [6, 6.07) is 7.50. The first-order valence-corrected chi connectivity index (χ1v) is 6.92. The maximum Gasteiger partial charge on any atom is 0.242 e. The Bertz CT molecular complexity index is 734. The topological polar surface area (TPSA) is 64.8 Å². The second-order valence-corrected chi connectivity index (χ2v) is 4.78. The van der Waals surface area contributed by atoms with Crippen molar-refractivity contribution in [1.29, 1.82) is 5.26 Å². The van der Waals surface area contributed by atoms with Crippen molar-refractivity contribution in [1.82, 2.24) is 14.5 Å². The van der Waals surface area contributed by atoms with Crippen molar-refractivity contribution in [2.75, 3.05) is 13.1 Å². The van der Waals surface area contributed by atoms with E-state index in [-0.39, 0.29) is 12.5 Å². The smallest absolute Gasteiger partial charge is 0.242 e. The number of likely N-dealkylation sites (N-methyl/N-ethyl adjacent to an activating group) is 1. The van der Waals surface area contributed by atoms with E-state index in [4.69, 9.17) is 17.5 Å². The number of H-pyrrole nitrogens is 1. The molecule has 1 heterocycles. The molecule has 0 atom stereocenters. The first-order chi connectivity index (χ1) is 9.62. The monoisotopic (exact) mass is 288 g/mol. The number of nitriles is 1. The van der Waals surface area contributed by atoms with Gasteiger partial charge in [-0.1, -0.05) is 6.07 Å². The highest BCUT2D eigenvalue weighted by Crippen LogP contribution is 2.18. The van der Waals surface area contributed by atoms with Crippen LogP contribution >= 0.6 is 12.2 Å². The second kappa shape index (κ2) is 5.88. The molecule has 5 nitrogen and oxygen atoms in total. The Kier molecular flexibility index (Phi) is 4.20. The molecule has 1 amide bonds. The van der Waals surface area contributed by atoms with Gasteiger partial charge in [0.15, 0.2) is 4.77 Å². The number of para-hydroxylation sites is 1. The number of imidazole rings is 1. The lowest BCUT2D eigenvalue weighted by Crippen LogP contribution is -2.33. The Morgan fingerprint density at radius 2 is 2.15 bits per heavy atom. The van der Waals surface area contributed by atoms with Gasteiger partial charge in [0.2, 0.25) is 5.91 Å². The third-order valence-electron chi connectivity index (χ3n) is 3.34. The summed E-state index contributed by atoms with van der Waals surface area (Å²) in [5.74, 6) is 0.0226. The number of benzene rings is 1. The minimum absolute atomic E-state index is 0.0226. The maximum absolute atomic E-state index is 12.2. The quantitative estimate of drug-likeness (QED) is 0.879. The predicted octanol–water partition coefficient (Wildman–Crippen LogP) is 2.44. The highest BCUT2D eigenvalue weighted by molar-refractivity contribution is 7.71. The summed E-state index contributed by atoms with van der Waals surface area (Å²) in [7, 11) is 0. The molecule has 1 aromatic carbocycles. The summed E-state index contributed by atoms with van der Waals surface area (Å²) in [6.07, 6.45) is 0. The number of rotatable bonds is 4. The molecule has 0 aliphatic rings. The highest BCUT2D eigenvalue weighted by atomic mass is 32.1. The van der Waals surface area contributed by atoms with E-state index >= 15 is 0 Å². The Morgan fingerprint density at radius 1 is 1.45 bits per heavy atom. The van der Waals surface area contributed by atoms with Crippen molar-refractivity contribution in [2.24, 2.45) is 0 Å². The molecule has 0 unspecified atom stereocenters. The molecule has 20 heavy (non-hydrogen) atoms. The number of amides is 1. The van der Waals surface area contributed by atoms with E-state index < -0.39 is 0 Å². The van der Waals surface area contributed by atoms with Gasteiger partial charge in [-0.3, -0.25) is 4.79 Å². The molecule has 0 fully saturated rings. The molecule has 6 heteroatoms. The van der Waals surface area contributed by atoms with E-state index in [9.17, 15) is 4.79 Å². The number of carbonyl (C=O) groups excluding carboxylic acids is 1. The van der Waals surface area contributed by atoms with E-state index in [1.54, 1.807) is 21.6 Å². The van der Waals surface area contributed by atoms with Gasteiger partial charge in [-0.2, -0.15) is 5.26 Å². The molecule has 0 aliphatic carbocycles. The fourth-order valence-corrected chi connectivity index (χ4v) is 2.51. The highest BCUT2D eigenvalue weighted by Gasteiger charge is 2.14. The van der Waals surface area contributed by atoms with E-state index in [0.29, 0.717) is 28.9 Å². The average Bonchev–Trinajstić information content (AvgIpc) is 2.76. The summed E-state index contributed by atoms with van der Waals surface area (Å²) in [4.78, 5) is 17.0. The molecular weight excluding hydrogens is 272 g/mol. The number of aromatic nitrogens is 2. The zero-order chi connectivity index (χ0) is 14.7. The molecule has 0 spiro atoms. The van der Waals surface area contributed by atoms with Gasteiger partial charge in [0.25, 0.3) is 0 Å². The van der Waals surface area contributed by atoms with Crippen LogP contribution in [0.1, 0.15) is 19.4 Å². The lowest BCUT2D eigenvalue weighted by molar-refractivity contribution is -0.131. The molecule has 0 radical (unpaired) electrons. The molecule has 104 valence electrons. The molecule has 0 saturated heterocycles. The van der Waals surface area contributed by atoms with Crippen LogP contribution in [-0.4, -0.2) is 33.4 Å². The molecule has 0 bridgehead atoms. The second-order valence-electron chi connectivity index (χ2n) is 4.39. The summed E-state index contributed by atoms with van der Waals surface area (Å²) >= 11 is 5.27. The van der Waals surface area contributed by atoms with Crippen LogP contribution < -0.4 is 0 Å². The Morgan fingerprint density at radius 3 is 2.75 bits per heavy atom. The first-order valence-electron chi connectivity index (χ1n) is 6.51. The molecular formula is C14H16N4OS. The molecule has 2 aromatic rings. The van der Waals surface area contributed by atoms with Gasteiger partial charge in [-0.05, 0) is 38.2 Å². The summed E-state index contributed by atoms with van der Waals surface area (Å²) in [6.45, 7) is 5.44. The molecule has 0 aliphatic heterocycles. The zero-order valence-electron chi connectivity index (χ0n) is 11.5. The number of nitrogens with zero attached hydrogens (tertiary/aromatic N) is 3. The summed E-state index contributed by atoms with van der Waals surface area (Å²) in [5, 5.41) is 9.09. The van der Waals surface area contributed by atoms with Gasteiger partial charge >= 0.3 is 0 Å². The van der Waals surface area contributed by atoms with Crippen LogP contribution in [0.2, 0.25) is 0 Å². The Labute approximate surface area is 122 Å². The predicted molar refractivity (Wildman–Crippen MR) is 79.8 cm³/mol. The number of nitrogens with one attached hydrogen (secondary N) is 1. The fraction of sp³-hybridized carbons (Fsp3) is 0.357. The first kappa shape index (κ1) is 14.3. The van der Waals surface area contributed by atoms with E-state index in [1.807, 2.05) is 19.9 Å². The van der Waals surface area contributed by atoms with Crippen molar-refractivity contribution < 1.29 is 4.79 Å². The van der Waals surface area contributed by atoms with Crippen LogP contribution in [0.3, 0.4) is 0 Å². The van der Waals surface area contributed by atoms with Gasteiger partial charge in [0.1, 0.15) is 12.6 Å². The maximum atomic E-state index is 12.2. The fourth-order valence-electron chi connectivity index (χ4n) is 2.24. The van der Waals surface area contributed by atoms with Gasteiger partial charge in [0, 0.05) is 13.1 Å². The van der Waals surface area contributed by atoms with Gasteiger partial charge in [0.05, 0.1) is 16.6 Å². The largest absolute Gasteiger partial charge is 0.342 e. The van der Waals surface area contributed by atoms with Crippen LogP contribution in [0, 0.1) is 16.1 Å². The van der Waals surface area contributed by atoms with Gasteiger partial charge in [-0.25, -0.2) is 0 Å². The standard InChI is InChI=1S/C14H16N4OS/c1-3-17(4-2)12(19)9-18-11-7-5-6-10(8-15)13(11)16-14(18)20/h5-7H,3-4,9H2,1-2H3,(H,16,20). The van der Waals surface area contributed by atoms with Crippen molar-refractivity contribution >= 4 is 29.2 Å². The van der Waals surface area contributed by atoms with E-state index in [1.165, 1.54) is 0 Å². The zero-order valence-corrected chi connectivity index (χ0v) is 12.3. The van der Waals surface area contributed by atoms with Crippen LogP contribution in [0.4, 0.5) is 0 Å². The van der Waals surface area contributed by atoms with E-state index in [2.05, 4.69) is 11.1 Å². The summed E-state index contributed by atoms with van der Waals surface area (Å²) in [5.41, 5.74) is 2.00. The molecule has 1 N–H and O–H groups in total. The van der Waals surface area contributed by atoms with Crippen molar-refractivity contribution in [2.45, 2.75) is 20.4 Å². The van der Waals surface area contributed by atoms with Crippen molar-refractivity contribution in [3.05, 3.63) is 28.5 Å². The summed E-state index contributed by atoms with van der Waals surface area (Å²) < 4.78 is 2.20. The molecule has 1 aromatic heterocycles. The Balaban J connectivity index is 2.46. The third kappa shape index (κ3) is 2.45. The molecule has 0 saturated carbocycles. The SMILES string of the molecule is CCN(CC)C(=O)Cn1c(=S)[nH]c2c(C#N)cccc21. The van der Waals surface area contributed by atoms with Crippen LogP contribution in [0.5, 0.6) is 0 Å². The van der Waals surface area contributed by atoms with E-state index in [0.717, 1.165) is 5.52 Å². The van der Waals surface area contributed by atoms with Crippen molar-refractivity contribution in [3.63, 3.8) is 0 Å². The third-order valence-corrected chi connectivity index (χ3v) is 3.66.